The summed E-state index contributed by atoms with van der Waals surface area (Å²) in [5, 5.41) is 1.04. The normalized spacial score (nSPS) is 12.3. The van der Waals surface area contributed by atoms with E-state index in [-0.39, 0.29) is 5.78 Å². The van der Waals surface area contributed by atoms with E-state index >= 15 is 0 Å². The quantitative estimate of drug-likeness (QED) is 0.369. The van der Waals surface area contributed by atoms with Gasteiger partial charge < -0.3 is 0 Å². The largest absolute Gasteiger partial charge is 0.289 e. The fourth-order valence-electron chi connectivity index (χ4n) is 4.28. The fraction of sp³-hybridized carbons (Fsp3) is 0.120. The minimum Gasteiger partial charge on any atom is -0.289 e. The molecule has 0 unspecified atom stereocenters. The zero-order valence-electron chi connectivity index (χ0n) is 15.6. The van der Waals surface area contributed by atoms with Crippen LogP contribution < -0.4 is 0 Å². The zero-order valence-corrected chi connectivity index (χ0v) is 15.6. The van der Waals surface area contributed by atoms with Gasteiger partial charge >= 0.3 is 0 Å². The number of carbonyl (C=O) groups excluding carboxylic acids is 1. The molecule has 2 nitrogen and oxygen atoms in total. The molecule has 1 aromatic heterocycles. The smallest absolute Gasteiger partial charge is 0.194 e. The Bertz CT molecular complexity index is 1250. The van der Waals surface area contributed by atoms with Crippen LogP contribution in [0.25, 0.3) is 33.3 Å². The monoisotopic (exact) mass is 349 g/mol. The lowest BCUT2D eigenvalue weighted by molar-refractivity contribution is 0.104. The van der Waals surface area contributed by atoms with E-state index in [4.69, 9.17) is 4.98 Å². The number of aromatic nitrogens is 1. The van der Waals surface area contributed by atoms with Crippen molar-refractivity contribution in [2.45, 2.75) is 20.8 Å². The van der Waals surface area contributed by atoms with Crippen molar-refractivity contribution in [1.29, 1.82) is 0 Å². The highest BCUT2D eigenvalue weighted by Gasteiger charge is 2.29. The molecule has 5 rings (SSSR count). The van der Waals surface area contributed by atoms with Crippen molar-refractivity contribution in [3.05, 3.63) is 88.5 Å². The molecule has 4 aromatic rings. The van der Waals surface area contributed by atoms with Gasteiger partial charge in [-0.2, -0.15) is 0 Å². The van der Waals surface area contributed by atoms with Crippen LogP contribution in [0.4, 0.5) is 0 Å². The van der Waals surface area contributed by atoms with Crippen LogP contribution in [0.2, 0.25) is 0 Å². The predicted molar refractivity (Wildman–Crippen MR) is 110 cm³/mol. The van der Waals surface area contributed by atoms with E-state index in [1.807, 2.05) is 37.3 Å². The van der Waals surface area contributed by atoms with Crippen molar-refractivity contribution < 1.29 is 4.79 Å². The summed E-state index contributed by atoms with van der Waals surface area (Å²) in [6, 6.07) is 20.6. The Kier molecular flexibility index (Phi) is 3.32. The Labute approximate surface area is 158 Å². The molecule has 1 heterocycles. The molecule has 0 radical (unpaired) electrons. The maximum Gasteiger partial charge on any atom is 0.194 e. The van der Waals surface area contributed by atoms with Crippen LogP contribution >= 0.6 is 0 Å². The van der Waals surface area contributed by atoms with Gasteiger partial charge in [-0.05, 0) is 68.3 Å². The summed E-state index contributed by atoms with van der Waals surface area (Å²) in [6.07, 6.45) is 0. The number of hydrogen-bond donors (Lipinski definition) is 0. The second-order valence-electron chi connectivity index (χ2n) is 7.45. The van der Waals surface area contributed by atoms with Crippen LogP contribution in [0.1, 0.15) is 32.6 Å². The molecule has 130 valence electrons. The summed E-state index contributed by atoms with van der Waals surface area (Å²) in [7, 11) is 0. The van der Waals surface area contributed by atoms with Gasteiger partial charge in [0.1, 0.15) is 0 Å². The number of benzene rings is 3. The molecule has 1 aliphatic rings. The molecule has 0 bridgehead atoms. The summed E-state index contributed by atoms with van der Waals surface area (Å²) in [5.41, 5.74) is 10.2. The first kappa shape index (κ1) is 16.0. The summed E-state index contributed by atoms with van der Waals surface area (Å²) >= 11 is 0. The van der Waals surface area contributed by atoms with Crippen LogP contribution in [0.3, 0.4) is 0 Å². The van der Waals surface area contributed by atoms with Crippen molar-refractivity contribution in [3.63, 3.8) is 0 Å². The minimum atomic E-state index is 0.124. The van der Waals surface area contributed by atoms with Gasteiger partial charge in [0.05, 0.1) is 11.2 Å². The number of rotatable bonds is 1. The van der Waals surface area contributed by atoms with Gasteiger partial charge in [-0.25, -0.2) is 4.98 Å². The third-order valence-electron chi connectivity index (χ3n) is 5.40. The Balaban J connectivity index is 1.76. The van der Waals surface area contributed by atoms with Crippen molar-refractivity contribution in [2.75, 3.05) is 0 Å². The first-order valence-corrected chi connectivity index (χ1v) is 9.20. The summed E-state index contributed by atoms with van der Waals surface area (Å²) in [5.74, 6) is 0.124. The first-order chi connectivity index (χ1) is 13.0. The minimum absolute atomic E-state index is 0.124. The van der Waals surface area contributed by atoms with E-state index in [9.17, 15) is 4.79 Å². The van der Waals surface area contributed by atoms with Crippen LogP contribution in [0.5, 0.6) is 0 Å². The topological polar surface area (TPSA) is 30.0 Å². The Hall–Kier alpha value is -3.26. The molecular weight excluding hydrogens is 330 g/mol. The number of fused-ring (bicyclic) bond motifs is 5. The van der Waals surface area contributed by atoms with Crippen molar-refractivity contribution in [1.82, 2.24) is 4.98 Å². The molecule has 2 heteroatoms. The van der Waals surface area contributed by atoms with E-state index in [0.29, 0.717) is 0 Å². The van der Waals surface area contributed by atoms with Crippen molar-refractivity contribution in [2.24, 2.45) is 0 Å². The Morgan fingerprint density at radius 3 is 2.30 bits per heavy atom. The third-order valence-corrected chi connectivity index (χ3v) is 5.40. The van der Waals surface area contributed by atoms with Gasteiger partial charge in [0.25, 0.3) is 0 Å². The van der Waals surface area contributed by atoms with Crippen molar-refractivity contribution in [3.8, 4) is 22.4 Å². The molecule has 0 saturated carbocycles. The highest BCUT2D eigenvalue weighted by Crippen LogP contribution is 2.42. The summed E-state index contributed by atoms with van der Waals surface area (Å²) in [6.45, 7) is 6.21. The first-order valence-electron chi connectivity index (χ1n) is 9.20. The van der Waals surface area contributed by atoms with Crippen LogP contribution in [-0.2, 0) is 0 Å². The molecule has 1 aliphatic carbocycles. The molecule has 0 aliphatic heterocycles. The lowest BCUT2D eigenvalue weighted by Crippen LogP contribution is -1.97. The van der Waals surface area contributed by atoms with Gasteiger partial charge in [0.15, 0.2) is 5.78 Å². The molecule has 0 atom stereocenters. The lowest BCUT2D eigenvalue weighted by atomic mass is 9.98. The molecular formula is C25H19NO. The van der Waals surface area contributed by atoms with Gasteiger partial charge in [0.2, 0.25) is 0 Å². The number of hydrogen-bond acceptors (Lipinski definition) is 2. The van der Waals surface area contributed by atoms with E-state index in [0.717, 1.165) is 50.0 Å². The fourth-order valence-corrected chi connectivity index (χ4v) is 4.28. The van der Waals surface area contributed by atoms with E-state index in [2.05, 4.69) is 44.2 Å². The average molecular weight is 349 g/mol. The van der Waals surface area contributed by atoms with Gasteiger partial charge in [0, 0.05) is 27.6 Å². The number of ketones is 1. The van der Waals surface area contributed by atoms with Gasteiger partial charge in [-0.15, -0.1) is 0 Å². The number of nitrogens with zero attached hydrogens (tertiary/aromatic N) is 1. The summed E-state index contributed by atoms with van der Waals surface area (Å²) < 4.78 is 0. The van der Waals surface area contributed by atoms with Gasteiger partial charge in [-0.3, -0.25) is 4.79 Å². The van der Waals surface area contributed by atoms with Crippen LogP contribution in [0, 0.1) is 20.8 Å². The maximum absolute atomic E-state index is 12.9. The average Bonchev–Trinajstić information content (AvgIpc) is 2.94. The van der Waals surface area contributed by atoms with Gasteiger partial charge in [-0.1, -0.05) is 35.4 Å². The van der Waals surface area contributed by atoms with Crippen LogP contribution in [-0.4, -0.2) is 10.8 Å². The van der Waals surface area contributed by atoms with E-state index in [1.54, 1.807) is 0 Å². The number of pyridine rings is 1. The molecule has 27 heavy (non-hydrogen) atoms. The second-order valence-corrected chi connectivity index (χ2v) is 7.45. The molecule has 0 saturated heterocycles. The number of carbonyl (C=O) groups is 1. The highest BCUT2D eigenvalue weighted by atomic mass is 16.1. The standard InChI is InChI=1S/C25H19NO/c1-14-11-15(2)13-17(12-14)21-9-7-18-22(26-21)10-8-20-24(18)19-6-4-5-16(3)23(19)25(20)27/h4-13H,1-3H3. The van der Waals surface area contributed by atoms with E-state index in [1.165, 1.54) is 11.1 Å². The SMILES string of the molecule is Cc1cc(C)cc(-c2ccc3c4c(ccc3n2)C(=O)c2c(C)cccc2-4)c1. The Morgan fingerprint density at radius 2 is 1.52 bits per heavy atom. The maximum atomic E-state index is 12.9. The van der Waals surface area contributed by atoms with Crippen molar-refractivity contribution >= 4 is 16.7 Å². The van der Waals surface area contributed by atoms with Crippen LogP contribution in [0.15, 0.2) is 60.7 Å². The zero-order chi connectivity index (χ0) is 18.7. The third kappa shape index (κ3) is 2.33. The molecule has 0 amide bonds. The molecule has 0 spiro atoms. The molecule has 3 aromatic carbocycles. The number of aryl methyl sites for hydroxylation is 3. The predicted octanol–water partition coefficient (Wildman–Crippen LogP) is 6.04. The molecule has 0 fully saturated rings. The summed E-state index contributed by atoms with van der Waals surface area (Å²) in [4.78, 5) is 17.8. The highest BCUT2D eigenvalue weighted by molar-refractivity contribution is 6.26. The lowest BCUT2D eigenvalue weighted by Gasteiger charge is -2.09. The molecule has 0 N–H and O–H groups in total. The second kappa shape index (κ2) is 5.62. The Morgan fingerprint density at radius 1 is 0.741 bits per heavy atom. The van der Waals surface area contributed by atoms with E-state index < -0.39 is 0 Å².